The standard InChI is InChI=1S/4C3H9Si.Ta/c4*1-4(2)3;/h4*1-3H3;. The zero-order chi connectivity index (χ0) is 14.3. The Bertz CT molecular complexity index is 61.5. The normalized spacial score (nSPS) is 8.47. The minimum absolute atomic E-state index is 0. The third-order valence-electron chi connectivity index (χ3n) is 0. The van der Waals surface area contributed by atoms with Gasteiger partial charge < -0.3 is 0 Å². The fraction of sp³-hybridized carbons (Fsp3) is 1.00. The van der Waals surface area contributed by atoms with Gasteiger partial charge in [0.2, 0.25) is 0 Å². The Labute approximate surface area is 135 Å². The monoisotopic (exact) mass is 473 g/mol. The Morgan fingerprint density at radius 1 is 0.294 bits per heavy atom. The van der Waals surface area contributed by atoms with Gasteiger partial charge in [0, 0.05) is 57.6 Å². The van der Waals surface area contributed by atoms with Crippen LogP contribution in [0.1, 0.15) is 0 Å². The van der Waals surface area contributed by atoms with Crippen molar-refractivity contribution in [2.24, 2.45) is 0 Å². The van der Waals surface area contributed by atoms with Crippen LogP contribution in [0, 0.1) is 0 Å². The first-order valence-electron chi connectivity index (χ1n) is 6.00. The van der Waals surface area contributed by atoms with Crippen LogP contribution in [0.4, 0.5) is 0 Å². The zero-order valence-electron chi connectivity index (χ0n) is 14.4. The molecule has 0 amide bonds. The van der Waals surface area contributed by atoms with Crippen LogP contribution < -0.4 is 0 Å². The molecule has 0 aromatic carbocycles. The van der Waals surface area contributed by atoms with E-state index < -0.39 is 0 Å². The summed E-state index contributed by atoms with van der Waals surface area (Å²) in [7, 11) is 0.481. The average molecular weight is 474 g/mol. The first-order chi connectivity index (χ1) is 6.93. The molecular formula is C12H36Si4Ta. The van der Waals surface area contributed by atoms with Gasteiger partial charge in [-0.25, -0.2) is 0 Å². The molecule has 0 aliphatic heterocycles. The van der Waals surface area contributed by atoms with E-state index in [1.54, 1.807) is 0 Å². The van der Waals surface area contributed by atoms with E-state index in [1.807, 2.05) is 0 Å². The predicted octanol–water partition coefficient (Wildman–Crippen LogP) is 5.48. The van der Waals surface area contributed by atoms with Gasteiger partial charge >= 0.3 is 0 Å². The molecular weight excluding hydrogens is 437 g/mol. The molecule has 17 heavy (non-hydrogen) atoms. The quantitative estimate of drug-likeness (QED) is 0.409. The topological polar surface area (TPSA) is 0 Å². The third kappa shape index (κ3) is 1660. The first-order valence-corrected chi connectivity index (χ1v) is 18.0. The Morgan fingerprint density at radius 2 is 0.294 bits per heavy atom. The molecule has 0 unspecified atom stereocenters. The predicted molar refractivity (Wildman–Crippen MR) is 93.4 cm³/mol. The van der Waals surface area contributed by atoms with Crippen molar-refractivity contribution in [1.29, 1.82) is 0 Å². The average Bonchev–Trinajstić information content (AvgIpc) is 1.76. The minimum atomic E-state index is 0. The van der Waals surface area contributed by atoms with Crippen LogP contribution in [-0.4, -0.2) is 35.2 Å². The Kier molecular flexibility index (Phi) is 48.1. The minimum Gasteiger partial charge on any atom is -0.0715 e. The van der Waals surface area contributed by atoms with Gasteiger partial charge in [0.15, 0.2) is 0 Å². The molecule has 0 aliphatic carbocycles. The molecule has 0 saturated carbocycles. The van der Waals surface area contributed by atoms with Gasteiger partial charge in [0.25, 0.3) is 0 Å². The summed E-state index contributed by atoms with van der Waals surface area (Å²) >= 11 is 0. The van der Waals surface area contributed by atoms with Crippen molar-refractivity contribution in [3.8, 4) is 0 Å². The summed E-state index contributed by atoms with van der Waals surface area (Å²) in [5.74, 6) is 0. The van der Waals surface area contributed by atoms with Crippen molar-refractivity contribution in [1.82, 2.24) is 0 Å². The molecule has 0 aromatic heterocycles. The molecule has 0 aromatic rings. The third-order valence-corrected chi connectivity index (χ3v) is 0. The van der Waals surface area contributed by atoms with Crippen LogP contribution in [0.2, 0.25) is 78.6 Å². The van der Waals surface area contributed by atoms with Crippen LogP contribution in [0.25, 0.3) is 0 Å². The molecule has 0 aliphatic rings. The van der Waals surface area contributed by atoms with E-state index in [0.717, 1.165) is 0 Å². The van der Waals surface area contributed by atoms with Crippen LogP contribution in [0.5, 0.6) is 0 Å². The SMILES string of the molecule is C[Si](C)C.C[Si](C)C.C[Si](C)C.C[Si](C)C.[Ta]. The maximum absolute atomic E-state index is 2.27. The van der Waals surface area contributed by atoms with Gasteiger partial charge in [0.05, 0.1) is 0 Å². The van der Waals surface area contributed by atoms with Crippen molar-refractivity contribution in [3.05, 3.63) is 0 Å². The molecule has 0 bridgehead atoms. The summed E-state index contributed by atoms with van der Waals surface area (Å²) < 4.78 is 0. The fourth-order valence-corrected chi connectivity index (χ4v) is 0. The first kappa shape index (κ1) is 31.2. The molecule has 5 heteroatoms. The summed E-state index contributed by atoms with van der Waals surface area (Å²) in [4.78, 5) is 0. The number of rotatable bonds is 0. The fourth-order valence-electron chi connectivity index (χ4n) is 0. The van der Waals surface area contributed by atoms with E-state index in [-0.39, 0.29) is 57.6 Å². The van der Waals surface area contributed by atoms with E-state index in [2.05, 4.69) is 78.6 Å². The Balaban J connectivity index is -0.0000000369. The van der Waals surface area contributed by atoms with Gasteiger partial charge in [-0.2, -0.15) is 0 Å². The van der Waals surface area contributed by atoms with E-state index in [9.17, 15) is 0 Å². The summed E-state index contributed by atoms with van der Waals surface area (Å²) in [5, 5.41) is 0. The van der Waals surface area contributed by atoms with Crippen LogP contribution in [0.3, 0.4) is 0 Å². The summed E-state index contributed by atoms with van der Waals surface area (Å²) in [6, 6.07) is 0. The molecule has 0 heterocycles. The molecule has 0 N–H and O–H groups in total. The van der Waals surface area contributed by atoms with Crippen molar-refractivity contribution >= 4 is 35.2 Å². The molecule has 0 rings (SSSR count). The van der Waals surface area contributed by atoms with Crippen LogP contribution >= 0.6 is 0 Å². The smallest absolute Gasteiger partial charge is 0.0379 e. The second-order valence-electron chi connectivity index (χ2n) is 6.00. The van der Waals surface area contributed by atoms with E-state index in [4.69, 9.17) is 0 Å². The van der Waals surface area contributed by atoms with Gasteiger partial charge in [-0.05, 0) is 0 Å². The van der Waals surface area contributed by atoms with Crippen molar-refractivity contribution in [2.45, 2.75) is 78.6 Å². The summed E-state index contributed by atoms with van der Waals surface area (Å²) in [6.07, 6.45) is 0. The van der Waals surface area contributed by atoms with E-state index in [0.29, 0.717) is 0 Å². The Morgan fingerprint density at radius 3 is 0.294 bits per heavy atom. The molecule has 0 fully saturated rings. The largest absolute Gasteiger partial charge is 0.0715 e. The van der Waals surface area contributed by atoms with Crippen molar-refractivity contribution in [2.75, 3.05) is 0 Å². The summed E-state index contributed by atoms with van der Waals surface area (Å²) in [5.41, 5.74) is 0. The maximum atomic E-state index is 2.27. The molecule has 5 radical (unpaired) electrons. The Hall–Kier alpha value is 1.61. The van der Waals surface area contributed by atoms with Gasteiger partial charge in [-0.3, -0.25) is 0 Å². The second-order valence-corrected chi connectivity index (χ2v) is 18.0. The maximum Gasteiger partial charge on any atom is 0.0379 e. The number of hydrogen-bond donors (Lipinski definition) is 0. The van der Waals surface area contributed by atoms with Crippen LogP contribution in [0.15, 0.2) is 0 Å². The summed E-state index contributed by atoms with van der Waals surface area (Å²) in [6.45, 7) is 27.2. The van der Waals surface area contributed by atoms with E-state index in [1.165, 1.54) is 0 Å². The van der Waals surface area contributed by atoms with E-state index >= 15 is 0 Å². The van der Waals surface area contributed by atoms with Gasteiger partial charge in [-0.1, -0.05) is 78.6 Å². The molecule has 0 nitrogen and oxygen atoms in total. The van der Waals surface area contributed by atoms with Crippen LogP contribution in [-0.2, 0) is 22.4 Å². The van der Waals surface area contributed by atoms with Crippen molar-refractivity contribution in [3.63, 3.8) is 0 Å². The molecule has 0 atom stereocenters. The van der Waals surface area contributed by atoms with Crippen molar-refractivity contribution < 1.29 is 22.4 Å². The number of hydrogen-bond acceptors (Lipinski definition) is 0. The second kappa shape index (κ2) is 26.2. The molecule has 0 saturated heterocycles. The zero-order valence-corrected chi connectivity index (χ0v) is 21.7. The molecule has 0 spiro atoms. The van der Waals surface area contributed by atoms with Gasteiger partial charge in [0.1, 0.15) is 0 Å². The van der Waals surface area contributed by atoms with Gasteiger partial charge in [-0.15, -0.1) is 0 Å². The molecule has 105 valence electrons.